The molecule has 1 atom stereocenters. The van der Waals surface area contributed by atoms with Gasteiger partial charge in [0.15, 0.2) is 0 Å². The number of aromatic nitrogens is 2. The van der Waals surface area contributed by atoms with Crippen LogP contribution in [0.25, 0.3) is 0 Å². The molecular formula is C16H17FN4O2. The van der Waals surface area contributed by atoms with Crippen LogP contribution in [0.15, 0.2) is 36.7 Å². The van der Waals surface area contributed by atoms with Crippen molar-refractivity contribution in [2.45, 2.75) is 19.0 Å². The van der Waals surface area contributed by atoms with E-state index >= 15 is 0 Å². The Labute approximate surface area is 133 Å². The van der Waals surface area contributed by atoms with E-state index in [9.17, 15) is 9.18 Å². The number of hydrogen-bond donors (Lipinski definition) is 1. The highest BCUT2D eigenvalue weighted by molar-refractivity contribution is 5.80. The highest BCUT2D eigenvalue weighted by Crippen LogP contribution is 2.19. The largest absolute Gasteiger partial charge is 0.481 e. The first-order chi connectivity index (χ1) is 11.1. The number of ether oxygens (including phenoxy) is 1. The third-order valence-electron chi connectivity index (χ3n) is 3.68. The lowest BCUT2D eigenvalue weighted by atomic mass is 10.2. The minimum Gasteiger partial charge on any atom is -0.481 e. The highest BCUT2D eigenvalue weighted by Gasteiger charge is 2.29. The third kappa shape index (κ3) is 3.74. The van der Waals surface area contributed by atoms with Crippen molar-refractivity contribution in [3.05, 3.63) is 48.0 Å². The molecular weight excluding hydrogens is 299 g/mol. The number of rotatable bonds is 5. The molecule has 1 amide bonds. The second kappa shape index (κ2) is 6.60. The van der Waals surface area contributed by atoms with Crippen LogP contribution < -0.4 is 10.1 Å². The Hall–Kier alpha value is -2.70. The van der Waals surface area contributed by atoms with Crippen molar-refractivity contribution in [2.75, 3.05) is 19.0 Å². The van der Waals surface area contributed by atoms with Crippen molar-refractivity contribution >= 4 is 11.7 Å². The lowest BCUT2D eigenvalue weighted by Crippen LogP contribution is -2.27. The van der Waals surface area contributed by atoms with Gasteiger partial charge in [0.05, 0.1) is 13.2 Å². The van der Waals surface area contributed by atoms with Crippen LogP contribution in [0.2, 0.25) is 0 Å². The molecule has 0 bridgehead atoms. The standard InChI is InChI=1S/C16H17FN4O2/c1-23-15-7-14(18-10-19-15)20-13-6-16(22)21(9-13)8-11-3-2-4-12(17)5-11/h2-5,7,10,13H,6,8-9H2,1H3,(H,18,19,20). The predicted molar refractivity (Wildman–Crippen MR) is 82.4 cm³/mol. The minimum atomic E-state index is -0.295. The molecule has 1 aromatic carbocycles. The van der Waals surface area contributed by atoms with E-state index in [0.29, 0.717) is 31.2 Å². The Morgan fingerprint density at radius 2 is 2.26 bits per heavy atom. The average Bonchev–Trinajstić information content (AvgIpc) is 2.87. The number of benzene rings is 1. The van der Waals surface area contributed by atoms with Gasteiger partial charge in [-0.15, -0.1) is 0 Å². The van der Waals surface area contributed by atoms with Crippen LogP contribution in [0.1, 0.15) is 12.0 Å². The smallest absolute Gasteiger partial charge is 0.225 e. The summed E-state index contributed by atoms with van der Waals surface area (Å²) in [6.45, 7) is 0.948. The van der Waals surface area contributed by atoms with Gasteiger partial charge in [0.1, 0.15) is 18.0 Å². The number of amides is 1. The van der Waals surface area contributed by atoms with Crippen molar-refractivity contribution in [1.29, 1.82) is 0 Å². The first kappa shape index (κ1) is 15.2. The Bertz CT molecular complexity index is 710. The number of methoxy groups -OCH3 is 1. The normalized spacial score (nSPS) is 17.4. The quantitative estimate of drug-likeness (QED) is 0.911. The van der Waals surface area contributed by atoms with Crippen molar-refractivity contribution in [3.8, 4) is 5.88 Å². The molecule has 1 fully saturated rings. The molecule has 1 saturated heterocycles. The molecule has 1 aliphatic heterocycles. The van der Waals surface area contributed by atoms with Crippen LogP contribution in [0.4, 0.5) is 10.2 Å². The van der Waals surface area contributed by atoms with Gasteiger partial charge in [0.2, 0.25) is 11.8 Å². The molecule has 2 aromatic rings. The summed E-state index contributed by atoms with van der Waals surface area (Å²) < 4.78 is 18.3. The summed E-state index contributed by atoms with van der Waals surface area (Å²) in [5, 5.41) is 3.21. The monoisotopic (exact) mass is 316 g/mol. The number of likely N-dealkylation sites (tertiary alicyclic amines) is 1. The maximum absolute atomic E-state index is 13.2. The number of hydrogen-bond acceptors (Lipinski definition) is 5. The van der Waals surface area contributed by atoms with E-state index in [1.807, 2.05) is 6.07 Å². The van der Waals surface area contributed by atoms with Crippen molar-refractivity contribution in [2.24, 2.45) is 0 Å². The maximum Gasteiger partial charge on any atom is 0.225 e. The molecule has 1 N–H and O–H groups in total. The fourth-order valence-electron chi connectivity index (χ4n) is 2.62. The summed E-state index contributed by atoms with van der Waals surface area (Å²) in [5.41, 5.74) is 0.780. The second-order valence-electron chi connectivity index (χ2n) is 5.40. The second-order valence-corrected chi connectivity index (χ2v) is 5.40. The van der Waals surface area contributed by atoms with Crippen molar-refractivity contribution in [3.63, 3.8) is 0 Å². The van der Waals surface area contributed by atoms with E-state index in [1.54, 1.807) is 17.0 Å². The Morgan fingerprint density at radius 1 is 1.39 bits per heavy atom. The SMILES string of the molecule is COc1cc(NC2CC(=O)N(Cc3cccc(F)c3)C2)ncn1. The van der Waals surface area contributed by atoms with Crippen LogP contribution in [0, 0.1) is 5.82 Å². The fraction of sp³-hybridized carbons (Fsp3) is 0.312. The Morgan fingerprint density at radius 3 is 3.04 bits per heavy atom. The molecule has 2 heterocycles. The van der Waals surface area contributed by atoms with Crippen molar-refractivity contribution in [1.82, 2.24) is 14.9 Å². The van der Waals surface area contributed by atoms with Gasteiger partial charge >= 0.3 is 0 Å². The topological polar surface area (TPSA) is 67.3 Å². The summed E-state index contributed by atoms with van der Waals surface area (Å²) >= 11 is 0. The van der Waals surface area contributed by atoms with Crippen LogP contribution in [0.5, 0.6) is 5.88 Å². The first-order valence-corrected chi connectivity index (χ1v) is 7.29. The van der Waals surface area contributed by atoms with Gasteiger partial charge in [-0.2, -0.15) is 0 Å². The van der Waals surface area contributed by atoms with Gasteiger partial charge in [0.25, 0.3) is 0 Å². The minimum absolute atomic E-state index is 0.0350. The molecule has 1 aliphatic rings. The molecule has 6 nitrogen and oxygen atoms in total. The molecule has 0 radical (unpaired) electrons. The van der Waals surface area contributed by atoms with E-state index in [4.69, 9.17) is 4.74 Å². The lowest BCUT2D eigenvalue weighted by molar-refractivity contribution is -0.128. The lowest BCUT2D eigenvalue weighted by Gasteiger charge is -2.17. The zero-order valence-corrected chi connectivity index (χ0v) is 12.7. The molecule has 7 heteroatoms. The van der Waals surface area contributed by atoms with Gasteiger partial charge in [-0.3, -0.25) is 4.79 Å². The first-order valence-electron chi connectivity index (χ1n) is 7.29. The van der Waals surface area contributed by atoms with Gasteiger partial charge in [-0.05, 0) is 17.7 Å². The van der Waals surface area contributed by atoms with Crippen LogP contribution >= 0.6 is 0 Å². The van der Waals surface area contributed by atoms with E-state index < -0.39 is 0 Å². The van der Waals surface area contributed by atoms with E-state index in [2.05, 4.69) is 15.3 Å². The molecule has 0 spiro atoms. The zero-order valence-electron chi connectivity index (χ0n) is 12.7. The summed E-state index contributed by atoms with van der Waals surface area (Å²) in [6, 6.07) is 7.93. The zero-order chi connectivity index (χ0) is 16.2. The molecule has 3 rings (SSSR count). The van der Waals surface area contributed by atoms with Gasteiger partial charge in [0, 0.05) is 25.6 Å². The van der Waals surface area contributed by atoms with Gasteiger partial charge in [-0.25, -0.2) is 14.4 Å². The van der Waals surface area contributed by atoms with Crippen LogP contribution in [0.3, 0.4) is 0 Å². The molecule has 0 aliphatic carbocycles. The van der Waals surface area contributed by atoms with Gasteiger partial charge < -0.3 is 15.0 Å². The summed E-state index contributed by atoms with van der Waals surface area (Å²) in [6.07, 6.45) is 1.78. The number of carbonyl (C=O) groups excluding carboxylic acids is 1. The highest BCUT2D eigenvalue weighted by atomic mass is 19.1. The summed E-state index contributed by atoms with van der Waals surface area (Å²) in [5.74, 6) is 0.815. The molecule has 0 saturated carbocycles. The number of carbonyl (C=O) groups is 1. The number of nitrogens with one attached hydrogen (secondary N) is 1. The predicted octanol–water partition coefficient (Wildman–Crippen LogP) is 1.84. The molecule has 120 valence electrons. The fourth-order valence-corrected chi connectivity index (χ4v) is 2.62. The van der Waals surface area contributed by atoms with Crippen LogP contribution in [-0.4, -0.2) is 40.5 Å². The number of nitrogens with zero attached hydrogens (tertiary/aromatic N) is 3. The van der Waals surface area contributed by atoms with Crippen molar-refractivity contribution < 1.29 is 13.9 Å². The molecule has 1 aromatic heterocycles. The van der Waals surface area contributed by atoms with Gasteiger partial charge in [-0.1, -0.05) is 12.1 Å². The molecule has 1 unspecified atom stereocenters. The Balaban J connectivity index is 1.63. The Kier molecular flexibility index (Phi) is 4.36. The van der Waals surface area contributed by atoms with E-state index in [-0.39, 0.29) is 17.8 Å². The number of halogens is 1. The van der Waals surface area contributed by atoms with E-state index in [0.717, 1.165) is 5.56 Å². The average molecular weight is 316 g/mol. The third-order valence-corrected chi connectivity index (χ3v) is 3.68. The maximum atomic E-state index is 13.2. The summed E-state index contributed by atoms with van der Waals surface area (Å²) in [4.78, 5) is 21.9. The molecule has 23 heavy (non-hydrogen) atoms. The van der Waals surface area contributed by atoms with E-state index in [1.165, 1.54) is 25.6 Å². The summed E-state index contributed by atoms with van der Waals surface area (Å²) in [7, 11) is 1.53. The van der Waals surface area contributed by atoms with Crippen LogP contribution in [-0.2, 0) is 11.3 Å². The number of anilines is 1.